The molecule has 0 aromatic carbocycles. The zero-order chi connectivity index (χ0) is 11.8. The van der Waals surface area contributed by atoms with Crippen LogP contribution >= 0.6 is 0 Å². The lowest BCUT2D eigenvalue weighted by molar-refractivity contribution is -0.133. The SMILES string of the molecule is CCN=C1NC(=O)C2(CC(C)OC(C)C2)N1. The minimum Gasteiger partial charge on any atom is -0.375 e. The van der Waals surface area contributed by atoms with Crippen molar-refractivity contribution in [2.24, 2.45) is 4.99 Å². The summed E-state index contributed by atoms with van der Waals surface area (Å²) in [6.07, 6.45) is 1.60. The van der Waals surface area contributed by atoms with Crippen LogP contribution in [0, 0.1) is 0 Å². The summed E-state index contributed by atoms with van der Waals surface area (Å²) in [6, 6.07) is 0. The quantitative estimate of drug-likeness (QED) is 0.679. The van der Waals surface area contributed by atoms with Crippen molar-refractivity contribution in [3.8, 4) is 0 Å². The van der Waals surface area contributed by atoms with E-state index in [1.54, 1.807) is 0 Å². The van der Waals surface area contributed by atoms with Crippen molar-refractivity contribution in [3.63, 3.8) is 0 Å². The summed E-state index contributed by atoms with van der Waals surface area (Å²) in [5, 5.41) is 6.03. The summed E-state index contributed by atoms with van der Waals surface area (Å²) in [6.45, 7) is 6.62. The van der Waals surface area contributed by atoms with Crippen LogP contribution in [-0.4, -0.2) is 36.2 Å². The van der Waals surface area contributed by atoms with Crippen LogP contribution in [0.1, 0.15) is 33.6 Å². The second-order valence-electron chi connectivity index (χ2n) is 4.65. The largest absolute Gasteiger partial charge is 0.375 e. The molecule has 2 heterocycles. The average molecular weight is 225 g/mol. The highest BCUT2D eigenvalue weighted by molar-refractivity contribution is 6.09. The molecule has 0 aromatic heterocycles. The first-order valence-electron chi connectivity index (χ1n) is 5.85. The Morgan fingerprint density at radius 3 is 2.62 bits per heavy atom. The Bertz CT molecular complexity index is 317. The minimum atomic E-state index is -0.509. The van der Waals surface area contributed by atoms with Crippen molar-refractivity contribution >= 4 is 11.9 Å². The molecule has 2 saturated heterocycles. The van der Waals surface area contributed by atoms with Gasteiger partial charge in [0.1, 0.15) is 5.54 Å². The first-order chi connectivity index (χ1) is 7.55. The average Bonchev–Trinajstić information content (AvgIpc) is 2.41. The van der Waals surface area contributed by atoms with Crippen molar-refractivity contribution in [2.75, 3.05) is 6.54 Å². The molecule has 5 nitrogen and oxygen atoms in total. The lowest BCUT2D eigenvalue weighted by Crippen LogP contribution is -2.55. The highest BCUT2D eigenvalue weighted by atomic mass is 16.5. The Balaban J connectivity index is 2.18. The number of nitrogens with zero attached hydrogens (tertiary/aromatic N) is 1. The van der Waals surface area contributed by atoms with Crippen LogP contribution in [0.5, 0.6) is 0 Å². The van der Waals surface area contributed by atoms with Gasteiger partial charge in [0.25, 0.3) is 5.91 Å². The highest BCUT2D eigenvalue weighted by Crippen LogP contribution is 2.31. The summed E-state index contributed by atoms with van der Waals surface area (Å²) in [5.74, 6) is 0.635. The van der Waals surface area contributed by atoms with Crippen LogP contribution in [0.2, 0.25) is 0 Å². The summed E-state index contributed by atoms with van der Waals surface area (Å²) in [7, 11) is 0. The van der Waals surface area contributed by atoms with Gasteiger partial charge in [0.15, 0.2) is 5.96 Å². The van der Waals surface area contributed by atoms with Crippen LogP contribution in [0.3, 0.4) is 0 Å². The normalized spacial score (nSPS) is 41.2. The number of rotatable bonds is 1. The van der Waals surface area contributed by atoms with Gasteiger partial charge in [-0.1, -0.05) is 0 Å². The van der Waals surface area contributed by atoms with Gasteiger partial charge in [-0.25, -0.2) is 0 Å². The number of guanidine groups is 1. The van der Waals surface area contributed by atoms with E-state index in [9.17, 15) is 4.79 Å². The maximum absolute atomic E-state index is 12.0. The molecule has 1 amide bonds. The Hall–Kier alpha value is -1.10. The van der Waals surface area contributed by atoms with E-state index in [0.717, 1.165) is 0 Å². The molecule has 2 rings (SSSR count). The van der Waals surface area contributed by atoms with Gasteiger partial charge in [-0.2, -0.15) is 0 Å². The molecule has 16 heavy (non-hydrogen) atoms. The molecule has 0 radical (unpaired) electrons. The molecule has 0 saturated carbocycles. The predicted molar refractivity (Wildman–Crippen MR) is 61.2 cm³/mol. The van der Waals surface area contributed by atoms with Gasteiger partial charge in [-0.15, -0.1) is 0 Å². The number of carbonyl (C=O) groups excluding carboxylic acids is 1. The molecule has 0 bridgehead atoms. The smallest absolute Gasteiger partial charge is 0.252 e. The van der Waals surface area contributed by atoms with E-state index in [1.165, 1.54) is 0 Å². The fourth-order valence-electron chi connectivity index (χ4n) is 2.62. The number of ether oxygens (including phenoxy) is 1. The zero-order valence-corrected chi connectivity index (χ0v) is 10.0. The lowest BCUT2D eigenvalue weighted by atomic mass is 9.84. The number of carbonyl (C=O) groups is 1. The molecule has 5 heteroatoms. The first-order valence-corrected chi connectivity index (χ1v) is 5.85. The van der Waals surface area contributed by atoms with Crippen molar-refractivity contribution in [1.82, 2.24) is 10.6 Å². The maximum atomic E-state index is 12.0. The molecule has 90 valence electrons. The van der Waals surface area contributed by atoms with E-state index in [0.29, 0.717) is 25.3 Å². The number of amides is 1. The van der Waals surface area contributed by atoms with Gasteiger partial charge in [0.05, 0.1) is 12.2 Å². The number of nitrogens with one attached hydrogen (secondary N) is 2. The fourth-order valence-corrected chi connectivity index (χ4v) is 2.62. The maximum Gasteiger partial charge on any atom is 0.252 e. The van der Waals surface area contributed by atoms with Crippen LogP contribution in [0.25, 0.3) is 0 Å². The standard InChI is InChI=1S/C11H19N3O2/c1-4-12-10-13-9(15)11(14-10)5-7(2)16-8(3)6-11/h7-8H,4-6H2,1-3H3,(H2,12,13,14,15). The second-order valence-corrected chi connectivity index (χ2v) is 4.65. The van der Waals surface area contributed by atoms with Crippen molar-refractivity contribution in [2.45, 2.75) is 51.4 Å². The molecule has 2 fully saturated rings. The molecule has 0 aliphatic carbocycles. The van der Waals surface area contributed by atoms with Crippen molar-refractivity contribution in [1.29, 1.82) is 0 Å². The van der Waals surface area contributed by atoms with Gasteiger partial charge in [-0.05, 0) is 20.8 Å². The summed E-state index contributed by atoms with van der Waals surface area (Å²) in [5.41, 5.74) is -0.509. The third-order valence-electron chi connectivity index (χ3n) is 3.08. The molecular weight excluding hydrogens is 206 g/mol. The first kappa shape index (κ1) is 11.4. The topological polar surface area (TPSA) is 62.7 Å². The molecule has 2 aliphatic heterocycles. The molecule has 2 unspecified atom stereocenters. The van der Waals surface area contributed by atoms with Gasteiger partial charge < -0.3 is 10.1 Å². The highest BCUT2D eigenvalue weighted by Gasteiger charge is 2.49. The van der Waals surface area contributed by atoms with Gasteiger partial charge in [-0.3, -0.25) is 15.1 Å². The van der Waals surface area contributed by atoms with E-state index in [2.05, 4.69) is 15.6 Å². The molecule has 2 N–H and O–H groups in total. The number of hydrogen-bond acceptors (Lipinski definition) is 3. The summed E-state index contributed by atoms with van der Waals surface area (Å²) in [4.78, 5) is 16.2. The fraction of sp³-hybridized carbons (Fsp3) is 0.818. The lowest BCUT2D eigenvalue weighted by Gasteiger charge is -2.38. The monoisotopic (exact) mass is 225 g/mol. The van der Waals surface area contributed by atoms with Crippen LogP contribution in [0.15, 0.2) is 4.99 Å². The van der Waals surface area contributed by atoms with E-state index in [-0.39, 0.29) is 18.1 Å². The summed E-state index contributed by atoms with van der Waals surface area (Å²) >= 11 is 0. The molecule has 2 aliphatic rings. The van der Waals surface area contributed by atoms with Crippen molar-refractivity contribution in [3.05, 3.63) is 0 Å². The Kier molecular flexibility index (Phi) is 2.88. The summed E-state index contributed by atoms with van der Waals surface area (Å²) < 4.78 is 5.66. The van der Waals surface area contributed by atoms with E-state index in [1.807, 2.05) is 20.8 Å². The third kappa shape index (κ3) is 1.91. The third-order valence-corrected chi connectivity index (χ3v) is 3.08. The molecular formula is C11H19N3O2. The Morgan fingerprint density at radius 2 is 2.06 bits per heavy atom. The molecule has 0 aromatic rings. The Labute approximate surface area is 95.6 Å². The zero-order valence-electron chi connectivity index (χ0n) is 10.0. The minimum absolute atomic E-state index is 0.0294. The van der Waals surface area contributed by atoms with Gasteiger partial charge in [0, 0.05) is 19.4 Å². The van der Waals surface area contributed by atoms with Crippen LogP contribution in [-0.2, 0) is 9.53 Å². The predicted octanol–water partition coefficient (Wildman–Crippen LogP) is 0.408. The van der Waals surface area contributed by atoms with E-state index in [4.69, 9.17) is 4.74 Å². The Morgan fingerprint density at radius 1 is 1.44 bits per heavy atom. The van der Waals surface area contributed by atoms with Crippen LogP contribution < -0.4 is 10.6 Å². The van der Waals surface area contributed by atoms with Gasteiger partial charge in [0.2, 0.25) is 0 Å². The number of hydrogen-bond donors (Lipinski definition) is 2. The van der Waals surface area contributed by atoms with Crippen molar-refractivity contribution < 1.29 is 9.53 Å². The van der Waals surface area contributed by atoms with Gasteiger partial charge >= 0.3 is 0 Å². The molecule has 2 atom stereocenters. The second kappa shape index (κ2) is 4.05. The molecule has 1 spiro atoms. The van der Waals surface area contributed by atoms with Crippen LogP contribution in [0.4, 0.5) is 0 Å². The van der Waals surface area contributed by atoms with E-state index < -0.39 is 5.54 Å². The number of aliphatic imine (C=N–C) groups is 1. The van der Waals surface area contributed by atoms with E-state index >= 15 is 0 Å².